The molecule has 0 heterocycles. The molecule has 3 heteroatoms. The molecule has 0 aromatic heterocycles. The number of nitrogens with two attached hydrogens (primary N) is 1. The maximum atomic E-state index is 11.4. The molecule has 2 rings (SSSR count). The third kappa shape index (κ3) is 1.87. The van der Waals surface area contributed by atoms with E-state index in [1.54, 1.807) is 24.3 Å². The molecule has 0 bridgehead atoms. The lowest BCUT2D eigenvalue weighted by Crippen LogP contribution is -2.28. The average Bonchev–Trinajstić information content (AvgIpc) is 2.85. The van der Waals surface area contributed by atoms with Crippen molar-refractivity contribution in [1.82, 2.24) is 0 Å². The van der Waals surface area contributed by atoms with Crippen molar-refractivity contribution in [2.75, 3.05) is 0 Å². The number of hydrogen-bond donors (Lipinski definition) is 1. The molecular formula is C10H11NO2. The summed E-state index contributed by atoms with van der Waals surface area (Å²) in [6.45, 7) is 0. The number of hydrogen-bond acceptors (Lipinski definition) is 3. The summed E-state index contributed by atoms with van der Waals surface area (Å²) in [5, 5.41) is 0. The molecule has 1 saturated carbocycles. The Morgan fingerprint density at radius 2 is 1.92 bits per heavy atom. The molecule has 13 heavy (non-hydrogen) atoms. The van der Waals surface area contributed by atoms with Gasteiger partial charge in [-0.05, 0) is 12.1 Å². The fourth-order valence-electron chi connectivity index (χ4n) is 1.04. The van der Waals surface area contributed by atoms with E-state index in [2.05, 4.69) is 0 Å². The molecule has 0 aliphatic heterocycles. The maximum Gasteiger partial charge on any atom is 0.339 e. The number of carbonyl (C=O) groups excluding carboxylic acids is 1. The number of ether oxygens (including phenoxy) is 1. The van der Waals surface area contributed by atoms with E-state index in [-0.39, 0.29) is 5.97 Å². The highest BCUT2D eigenvalue weighted by Gasteiger charge is 2.42. The van der Waals surface area contributed by atoms with E-state index in [1.807, 2.05) is 6.07 Å². The normalized spacial score (nSPS) is 17.9. The topological polar surface area (TPSA) is 52.3 Å². The van der Waals surface area contributed by atoms with E-state index in [9.17, 15) is 4.79 Å². The molecular weight excluding hydrogens is 166 g/mol. The molecule has 0 saturated heterocycles. The molecule has 1 fully saturated rings. The summed E-state index contributed by atoms with van der Waals surface area (Å²) >= 11 is 0. The number of carbonyl (C=O) groups is 1. The lowest BCUT2D eigenvalue weighted by molar-refractivity contribution is 0.0245. The van der Waals surface area contributed by atoms with E-state index in [0.717, 1.165) is 12.8 Å². The molecule has 1 aromatic rings. The van der Waals surface area contributed by atoms with Gasteiger partial charge in [0.15, 0.2) is 5.72 Å². The summed E-state index contributed by atoms with van der Waals surface area (Å²) in [4.78, 5) is 11.4. The molecule has 1 aliphatic carbocycles. The fourth-order valence-corrected chi connectivity index (χ4v) is 1.04. The Bertz CT molecular complexity index is 317. The first-order valence-electron chi connectivity index (χ1n) is 4.27. The molecule has 1 aromatic carbocycles. The van der Waals surface area contributed by atoms with Crippen molar-refractivity contribution in [3.63, 3.8) is 0 Å². The van der Waals surface area contributed by atoms with E-state index in [0.29, 0.717) is 5.56 Å². The van der Waals surface area contributed by atoms with Gasteiger partial charge in [0.25, 0.3) is 0 Å². The largest absolute Gasteiger partial charge is 0.441 e. The number of benzene rings is 1. The second-order valence-electron chi connectivity index (χ2n) is 3.32. The minimum Gasteiger partial charge on any atom is -0.441 e. The van der Waals surface area contributed by atoms with Gasteiger partial charge < -0.3 is 4.74 Å². The minimum absolute atomic E-state index is 0.333. The van der Waals surface area contributed by atoms with E-state index >= 15 is 0 Å². The molecule has 0 spiro atoms. The molecule has 0 atom stereocenters. The second kappa shape index (κ2) is 2.85. The zero-order valence-corrected chi connectivity index (χ0v) is 7.19. The van der Waals surface area contributed by atoms with Crippen molar-refractivity contribution in [3.05, 3.63) is 35.9 Å². The SMILES string of the molecule is NC1(OC(=O)c2ccccc2)CC1. The van der Waals surface area contributed by atoms with Crippen LogP contribution in [0.2, 0.25) is 0 Å². The zero-order chi connectivity index (χ0) is 9.31. The average molecular weight is 177 g/mol. The number of esters is 1. The van der Waals surface area contributed by atoms with Crippen LogP contribution in [0, 0.1) is 0 Å². The predicted octanol–water partition coefficient (Wildman–Crippen LogP) is 1.29. The van der Waals surface area contributed by atoms with Crippen LogP contribution in [-0.2, 0) is 4.74 Å². The molecule has 0 unspecified atom stereocenters. The Balaban J connectivity index is 2.06. The Labute approximate surface area is 76.5 Å². The third-order valence-corrected chi connectivity index (χ3v) is 2.05. The van der Waals surface area contributed by atoms with Gasteiger partial charge in [0.1, 0.15) is 0 Å². The van der Waals surface area contributed by atoms with Gasteiger partial charge in [-0.15, -0.1) is 0 Å². The van der Waals surface area contributed by atoms with Crippen LogP contribution in [0.15, 0.2) is 30.3 Å². The van der Waals surface area contributed by atoms with Crippen LogP contribution in [-0.4, -0.2) is 11.7 Å². The van der Waals surface area contributed by atoms with Crippen LogP contribution in [0.4, 0.5) is 0 Å². The van der Waals surface area contributed by atoms with Gasteiger partial charge in [0.05, 0.1) is 5.56 Å². The van der Waals surface area contributed by atoms with Crippen LogP contribution in [0.1, 0.15) is 23.2 Å². The molecule has 2 N–H and O–H groups in total. The summed E-state index contributed by atoms with van der Waals surface area (Å²) in [5.41, 5.74) is 5.52. The second-order valence-corrected chi connectivity index (χ2v) is 3.32. The molecule has 1 aliphatic rings. The van der Waals surface area contributed by atoms with Crippen molar-refractivity contribution in [3.8, 4) is 0 Å². The van der Waals surface area contributed by atoms with E-state index < -0.39 is 5.72 Å². The van der Waals surface area contributed by atoms with Crippen molar-refractivity contribution in [2.45, 2.75) is 18.6 Å². The van der Waals surface area contributed by atoms with Gasteiger partial charge >= 0.3 is 5.97 Å². The molecule has 3 nitrogen and oxygen atoms in total. The fraction of sp³-hybridized carbons (Fsp3) is 0.300. The highest BCUT2D eigenvalue weighted by Crippen LogP contribution is 2.34. The van der Waals surface area contributed by atoms with Crippen LogP contribution in [0.3, 0.4) is 0 Å². The summed E-state index contributed by atoms with van der Waals surface area (Å²) in [7, 11) is 0. The standard InChI is InChI=1S/C10H11NO2/c11-10(6-7-10)13-9(12)8-4-2-1-3-5-8/h1-5H,6-7,11H2. The highest BCUT2D eigenvalue weighted by atomic mass is 16.6. The van der Waals surface area contributed by atoms with Crippen molar-refractivity contribution >= 4 is 5.97 Å². The summed E-state index contributed by atoms with van der Waals surface area (Å²) in [6.07, 6.45) is 1.54. The molecule has 68 valence electrons. The Morgan fingerprint density at radius 3 is 2.46 bits per heavy atom. The first-order valence-corrected chi connectivity index (χ1v) is 4.27. The van der Waals surface area contributed by atoms with Crippen molar-refractivity contribution in [1.29, 1.82) is 0 Å². The van der Waals surface area contributed by atoms with Gasteiger partial charge in [-0.25, -0.2) is 4.79 Å². The summed E-state index contributed by atoms with van der Waals surface area (Å²) in [6, 6.07) is 8.88. The Hall–Kier alpha value is -1.35. The first kappa shape index (κ1) is 8.26. The van der Waals surface area contributed by atoms with Gasteiger partial charge in [-0.3, -0.25) is 5.73 Å². The van der Waals surface area contributed by atoms with Gasteiger partial charge in [-0.1, -0.05) is 18.2 Å². The van der Waals surface area contributed by atoms with Crippen LogP contribution < -0.4 is 5.73 Å². The molecule has 0 amide bonds. The highest BCUT2D eigenvalue weighted by molar-refractivity contribution is 5.89. The van der Waals surface area contributed by atoms with Crippen LogP contribution >= 0.6 is 0 Å². The molecule has 0 radical (unpaired) electrons. The number of rotatable bonds is 2. The first-order chi connectivity index (χ1) is 6.20. The predicted molar refractivity (Wildman–Crippen MR) is 48.0 cm³/mol. The van der Waals surface area contributed by atoms with Gasteiger partial charge in [0.2, 0.25) is 0 Å². The Morgan fingerprint density at radius 1 is 1.31 bits per heavy atom. The Kier molecular flexibility index (Phi) is 1.81. The monoisotopic (exact) mass is 177 g/mol. The lowest BCUT2D eigenvalue weighted by Gasteiger charge is -2.10. The third-order valence-electron chi connectivity index (χ3n) is 2.05. The quantitative estimate of drug-likeness (QED) is 0.547. The minimum atomic E-state index is -0.674. The van der Waals surface area contributed by atoms with Crippen LogP contribution in [0.5, 0.6) is 0 Å². The zero-order valence-electron chi connectivity index (χ0n) is 7.19. The van der Waals surface area contributed by atoms with Crippen molar-refractivity contribution < 1.29 is 9.53 Å². The maximum absolute atomic E-state index is 11.4. The lowest BCUT2D eigenvalue weighted by atomic mass is 10.2. The van der Waals surface area contributed by atoms with Crippen molar-refractivity contribution in [2.24, 2.45) is 5.73 Å². The van der Waals surface area contributed by atoms with E-state index in [1.165, 1.54) is 0 Å². The van der Waals surface area contributed by atoms with Gasteiger partial charge in [-0.2, -0.15) is 0 Å². The summed E-state index contributed by atoms with van der Waals surface area (Å²) in [5.74, 6) is -0.333. The van der Waals surface area contributed by atoms with E-state index in [4.69, 9.17) is 10.5 Å². The van der Waals surface area contributed by atoms with Gasteiger partial charge in [0, 0.05) is 12.8 Å². The van der Waals surface area contributed by atoms with Crippen LogP contribution in [0.25, 0.3) is 0 Å². The smallest absolute Gasteiger partial charge is 0.339 e. The summed E-state index contributed by atoms with van der Waals surface area (Å²) < 4.78 is 5.07.